The summed E-state index contributed by atoms with van der Waals surface area (Å²) >= 11 is 0. The van der Waals surface area contributed by atoms with Gasteiger partial charge < -0.3 is 20.3 Å². The Hall–Kier alpha value is -2.41. The van der Waals surface area contributed by atoms with Gasteiger partial charge in [-0.2, -0.15) is 9.97 Å². The molecule has 0 aliphatic rings. The van der Waals surface area contributed by atoms with Crippen molar-refractivity contribution >= 4 is 5.69 Å². The number of aliphatic hydroxyl groups excluding tert-OH is 1. The van der Waals surface area contributed by atoms with Crippen LogP contribution in [0.1, 0.15) is 17.5 Å². The SMILES string of the molecule is COc1cc(OC)nc(C(O)c2c(N)cccc2F)n1. The number of hydrogen-bond acceptors (Lipinski definition) is 6. The summed E-state index contributed by atoms with van der Waals surface area (Å²) in [5.74, 6) is -0.303. The van der Waals surface area contributed by atoms with Crippen molar-refractivity contribution in [1.82, 2.24) is 9.97 Å². The second kappa shape index (κ2) is 5.70. The highest BCUT2D eigenvalue weighted by molar-refractivity contribution is 5.50. The van der Waals surface area contributed by atoms with Crippen LogP contribution in [-0.2, 0) is 0 Å². The quantitative estimate of drug-likeness (QED) is 0.820. The maximum atomic E-state index is 13.8. The van der Waals surface area contributed by atoms with E-state index in [1.54, 1.807) is 0 Å². The number of aliphatic hydroxyl groups is 1. The first-order valence-electron chi connectivity index (χ1n) is 5.75. The zero-order valence-corrected chi connectivity index (χ0v) is 11.0. The van der Waals surface area contributed by atoms with Crippen LogP contribution in [0.5, 0.6) is 11.8 Å². The highest BCUT2D eigenvalue weighted by Gasteiger charge is 2.22. The van der Waals surface area contributed by atoms with E-state index < -0.39 is 11.9 Å². The normalized spacial score (nSPS) is 12.0. The number of anilines is 1. The van der Waals surface area contributed by atoms with Gasteiger partial charge in [0.1, 0.15) is 11.9 Å². The predicted octanol–water partition coefficient (Wildman–Crippen LogP) is 1.30. The lowest BCUT2D eigenvalue weighted by atomic mass is 10.1. The molecule has 6 nitrogen and oxygen atoms in total. The summed E-state index contributed by atoms with van der Waals surface area (Å²) < 4.78 is 23.7. The van der Waals surface area contributed by atoms with Crippen molar-refractivity contribution in [3.05, 3.63) is 41.5 Å². The van der Waals surface area contributed by atoms with Gasteiger partial charge in [0.2, 0.25) is 11.8 Å². The standard InChI is InChI=1S/C13H14FN3O3/c1-19-9-6-10(20-2)17-13(16-9)12(18)11-7(14)4-3-5-8(11)15/h3-6,12,18H,15H2,1-2H3. The highest BCUT2D eigenvalue weighted by Crippen LogP contribution is 2.29. The Morgan fingerprint density at radius 2 is 1.80 bits per heavy atom. The van der Waals surface area contributed by atoms with Crippen LogP contribution in [0.2, 0.25) is 0 Å². The second-order valence-electron chi connectivity index (χ2n) is 3.96. The van der Waals surface area contributed by atoms with E-state index in [0.717, 1.165) is 0 Å². The summed E-state index contributed by atoms with van der Waals surface area (Å²) in [4.78, 5) is 7.95. The molecule has 0 bridgehead atoms. The molecule has 106 valence electrons. The molecule has 0 fully saturated rings. The molecule has 1 atom stereocenters. The zero-order chi connectivity index (χ0) is 14.7. The summed E-state index contributed by atoms with van der Waals surface area (Å²) in [6.45, 7) is 0. The summed E-state index contributed by atoms with van der Waals surface area (Å²) in [5, 5.41) is 10.2. The van der Waals surface area contributed by atoms with Crippen molar-refractivity contribution in [2.45, 2.75) is 6.10 Å². The van der Waals surface area contributed by atoms with Gasteiger partial charge in [0.25, 0.3) is 0 Å². The number of halogens is 1. The molecule has 2 aromatic rings. The molecule has 0 aliphatic heterocycles. The number of methoxy groups -OCH3 is 2. The smallest absolute Gasteiger partial charge is 0.220 e. The molecule has 0 aliphatic carbocycles. The average Bonchev–Trinajstić information content (AvgIpc) is 2.46. The molecule has 1 heterocycles. The molecule has 0 saturated carbocycles. The van der Waals surface area contributed by atoms with E-state index in [9.17, 15) is 9.50 Å². The zero-order valence-electron chi connectivity index (χ0n) is 11.0. The minimum absolute atomic E-state index is 0.0574. The third kappa shape index (κ3) is 2.62. The van der Waals surface area contributed by atoms with E-state index in [1.165, 1.54) is 38.5 Å². The van der Waals surface area contributed by atoms with Crippen LogP contribution < -0.4 is 15.2 Å². The number of benzene rings is 1. The fraction of sp³-hybridized carbons (Fsp3) is 0.231. The summed E-state index contributed by atoms with van der Waals surface area (Å²) in [5.41, 5.74) is 5.72. The molecule has 7 heteroatoms. The van der Waals surface area contributed by atoms with Crippen molar-refractivity contribution < 1.29 is 19.0 Å². The molecular weight excluding hydrogens is 265 g/mol. The van der Waals surface area contributed by atoms with E-state index in [1.807, 2.05) is 0 Å². The topological polar surface area (TPSA) is 90.5 Å². The summed E-state index contributed by atoms with van der Waals surface area (Å²) in [6, 6.07) is 5.58. The molecule has 0 spiro atoms. The van der Waals surface area contributed by atoms with Crippen LogP contribution in [0.4, 0.5) is 10.1 Å². The van der Waals surface area contributed by atoms with E-state index in [0.29, 0.717) is 0 Å². The lowest BCUT2D eigenvalue weighted by Gasteiger charge is -2.14. The van der Waals surface area contributed by atoms with E-state index in [4.69, 9.17) is 15.2 Å². The Balaban J connectivity index is 2.50. The Bertz CT molecular complexity index is 579. The maximum Gasteiger partial charge on any atom is 0.220 e. The number of nitrogen functional groups attached to an aromatic ring is 1. The molecule has 2 rings (SSSR count). The molecule has 1 aromatic carbocycles. The van der Waals surface area contributed by atoms with Crippen LogP contribution in [0.15, 0.2) is 24.3 Å². The maximum absolute atomic E-state index is 13.8. The van der Waals surface area contributed by atoms with Gasteiger partial charge in [-0.15, -0.1) is 0 Å². The molecule has 3 N–H and O–H groups in total. The first kappa shape index (κ1) is 14.0. The van der Waals surface area contributed by atoms with Gasteiger partial charge in [0.05, 0.1) is 20.3 Å². The fourth-order valence-corrected chi connectivity index (χ4v) is 1.72. The van der Waals surface area contributed by atoms with Gasteiger partial charge in [0.15, 0.2) is 5.82 Å². The summed E-state index contributed by atoms with van der Waals surface area (Å²) in [6.07, 6.45) is -1.42. The molecule has 0 saturated heterocycles. The van der Waals surface area contributed by atoms with E-state index in [-0.39, 0.29) is 28.8 Å². The number of aromatic nitrogens is 2. The first-order chi connectivity index (χ1) is 9.56. The molecule has 20 heavy (non-hydrogen) atoms. The highest BCUT2D eigenvalue weighted by atomic mass is 19.1. The van der Waals surface area contributed by atoms with Crippen LogP contribution >= 0.6 is 0 Å². The van der Waals surface area contributed by atoms with E-state index >= 15 is 0 Å². The number of ether oxygens (including phenoxy) is 2. The average molecular weight is 279 g/mol. The van der Waals surface area contributed by atoms with E-state index in [2.05, 4.69) is 9.97 Å². The van der Waals surface area contributed by atoms with Crippen LogP contribution in [0.3, 0.4) is 0 Å². The molecule has 1 unspecified atom stereocenters. The van der Waals surface area contributed by atoms with Crippen molar-refractivity contribution in [2.24, 2.45) is 0 Å². The van der Waals surface area contributed by atoms with Gasteiger partial charge in [-0.25, -0.2) is 4.39 Å². The monoisotopic (exact) mass is 279 g/mol. The minimum Gasteiger partial charge on any atom is -0.481 e. The van der Waals surface area contributed by atoms with Gasteiger partial charge in [-0.3, -0.25) is 0 Å². The number of nitrogens with zero attached hydrogens (tertiary/aromatic N) is 2. The van der Waals surface area contributed by atoms with Crippen molar-refractivity contribution in [3.63, 3.8) is 0 Å². The number of hydrogen-bond donors (Lipinski definition) is 2. The second-order valence-corrected chi connectivity index (χ2v) is 3.96. The molecule has 0 amide bonds. The van der Waals surface area contributed by atoms with Gasteiger partial charge >= 0.3 is 0 Å². The van der Waals surface area contributed by atoms with Gasteiger partial charge in [-0.1, -0.05) is 6.07 Å². The van der Waals surface area contributed by atoms with Crippen molar-refractivity contribution in [2.75, 3.05) is 20.0 Å². The predicted molar refractivity (Wildman–Crippen MR) is 70.0 cm³/mol. The minimum atomic E-state index is -1.42. The Morgan fingerprint density at radius 3 is 2.30 bits per heavy atom. The largest absolute Gasteiger partial charge is 0.481 e. The van der Waals surface area contributed by atoms with Crippen molar-refractivity contribution in [1.29, 1.82) is 0 Å². The number of nitrogens with two attached hydrogens (primary N) is 1. The van der Waals surface area contributed by atoms with Crippen LogP contribution in [-0.4, -0.2) is 29.3 Å². The molecule has 1 aromatic heterocycles. The first-order valence-corrected chi connectivity index (χ1v) is 5.75. The van der Waals surface area contributed by atoms with Gasteiger partial charge in [0, 0.05) is 11.3 Å². The molecule has 0 radical (unpaired) electrons. The molecular formula is C13H14FN3O3. The Labute approximate surface area is 115 Å². The summed E-state index contributed by atoms with van der Waals surface area (Å²) in [7, 11) is 2.82. The van der Waals surface area contributed by atoms with Crippen LogP contribution in [0, 0.1) is 5.82 Å². The van der Waals surface area contributed by atoms with Crippen molar-refractivity contribution in [3.8, 4) is 11.8 Å². The fourth-order valence-electron chi connectivity index (χ4n) is 1.72. The lowest BCUT2D eigenvalue weighted by Crippen LogP contribution is -2.11. The lowest BCUT2D eigenvalue weighted by molar-refractivity contribution is 0.201. The number of rotatable bonds is 4. The third-order valence-corrected chi connectivity index (χ3v) is 2.72. The Morgan fingerprint density at radius 1 is 1.20 bits per heavy atom. The Kier molecular flexibility index (Phi) is 3.99. The third-order valence-electron chi connectivity index (χ3n) is 2.72. The van der Waals surface area contributed by atoms with Gasteiger partial charge in [-0.05, 0) is 12.1 Å². The van der Waals surface area contributed by atoms with Crippen LogP contribution in [0.25, 0.3) is 0 Å².